The topological polar surface area (TPSA) is 93.3 Å². The van der Waals surface area contributed by atoms with Crippen LogP contribution in [0.5, 0.6) is 0 Å². The first kappa shape index (κ1) is 15.4. The fourth-order valence-electron chi connectivity index (χ4n) is 1.80. The zero-order valence-corrected chi connectivity index (χ0v) is 12.3. The lowest BCUT2D eigenvalue weighted by Gasteiger charge is -2.07. The summed E-state index contributed by atoms with van der Waals surface area (Å²) in [5.41, 5.74) is 1.29. The Hall–Kier alpha value is -1.63. The lowest BCUT2D eigenvalue weighted by Crippen LogP contribution is -2.27. The Kier molecular flexibility index (Phi) is 4.19. The van der Waals surface area contributed by atoms with Crippen molar-refractivity contribution in [3.63, 3.8) is 0 Å². The molecule has 0 aliphatic carbocycles. The van der Waals surface area contributed by atoms with E-state index in [0.29, 0.717) is 11.3 Å². The number of carbonyl (C=O) groups excluding carboxylic acids is 2. The third-order valence-electron chi connectivity index (χ3n) is 3.08. The van der Waals surface area contributed by atoms with Crippen molar-refractivity contribution in [1.29, 1.82) is 0 Å². The number of methoxy groups -OCH3 is 1. The van der Waals surface area contributed by atoms with E-state index in [1.54, 1.807) is 13.8 Å². The Morgan fingerprint density at radius 1 is 1.26 bits per heavy atom. The van der Waals surface area contributed by atoms with Crippen LogP contribution in [0.15, 0.2) is 0 Å². The average molecular weight is 287 g/mol. The van der Waals surface area contributed by atoms with E-state index in [1.165, 1.54) is 14.0 Å². The molecule has 0 unspecified atom stereocenters. The molecule has 0 aromatic carbocycles. The minimum absolute atomic E-state index is 0.135. The highest BCUT2D eigenvalue weighted by Crippen LogP contribution is 2.21. The normalized spacial score (nSPS) is 13.1. The largest absolute Gasteiger partial charge is 0.465 e. The Morgan fingerprint density at radius 3 is 2.21 bits per heavy atom. The molecule has 0 aliphatic heterocycles. The first-order valence-electron chi connectivity index (χ1n) is 5.61. The molecule has 0 radical (unpaired) electrons. The smallest absolute Gasteiger partial charge is 0.339 e. The summed E-state index contributed by atoms with van der Waals surface area (Å²) in [6.07, 6.45) is 1.00. The highest BCUT2D eigenvalue weighted by molar-refractivity contribution is 7.92. The SMILES string of the molecule is COC(=O)c1c(C)[nH]c(C(=O)[C@@H](C)S(C)(=O)=O)c1C. The number of nitrogens with one attached hydrogen (secondary N) is 1. The molecular formula is C12H17NO5S. The summed E-state index contributed by atoms with van der Waals surface area (Å²) in [7, 11) is -2.24. The van der Waals surface area contributed by atoms with Crippen molar-refractivity contribution in [3.05, 3.63) is 22.5 Å². The molecule has 1 aromatic heterocycles. The molecule has 0 bridgehead atoms. The summed E-state index contributed by atoms with van der Waals surface area (Å²) < 4.78 is 27.5. The maximum absolute atomic E-state index is 12.1. The van der Waals surface area contributed by atoms with Crippen molar-refractivity contribution < 1.29 is 22.7 Å². The van der Waals surface area contributed by atoms with Gasteiger partial charge in [0.1, 0.15) is 5.25 Å². The monoisotopic (exact) mass is 287 g/mol. The van der Waals surface area contributed by atoms with Crippen LogP contribution in [0.1, 0.15) is 39.0 Å². The minimum Gasteiger partial charge on any atom is -0.465 e. The van der Waals surface area contributed by atoms with Crippen LogP contribution in [0.2, 0.25) is 0 Å². The number of Topliss-reactive ketones (excluding diaryl/α,β-unsaturated/α-hetero) is 1. The Morgan fingerprint density at radius 2 is 1.79 bits per heavy atom. The number of hydrogen-bond acceptors (Lipinski definition) is 5. The van der Waals surface area contributed by atoms with Crippen LogP contribution in [-0.4, -0.2) is 43.8 Å². The molecule has 0 aliphatic rings. The molecule has 0 saturated carbocycles. The second-order valence-electron chi connectivity index (χ2n) is 4.45. The molecule has 1 N–H and O–H groups in total. The number of ketones is 1. The Labute approximate surface area is 112 Å². The van der Waals surface area contributed by atoms with Crippen LogP contribution in [0.25, 0.3) is 0 Å². The zero-order chi connectivity index (χ0) is 15.0. The summed E-state index contributed by atoms with van der Waals surface area (Å²) in [6.45, 7) is 4.53. The van der Waals surface area contributed by atoms with Crippen molar-refractivity contribution in [1.82, 2.24) is 4.98 Å². The molecule has 1 atom stereocenters. The standard InChI is InChI=1S/C12H17NO5S/c1-6-9(12(15)18-4)7(2)13-10(6)11(14)8(3)19(5,16)17/h8,13H,1-5H3/t8-/m1/s1. The van der Waals surface area contributed by atoms with Crippen molar-refractivity contribution in [2.75, 3.05) is 13.4 Å². The molecule has 7 heteroatoms. The quantitative estimate of drug-likeness (QED) is 0.659. The summed E-state index contributed by atoms with van der Waals surface area (Å²) in [4.78, 5) is 26.5. The molecule has 1 rings (SSSR count). The van der Waals surface area contributed by atoms with Gasteiger partial charge in [0.2, 0.25) is 0 Å². The number of aryl methyl sites for hydroxylation is 1. The number of carbonyl (C=O) groups is 2. The summed E-state index contributed by atoms with van der Waals surface area (Å²) in [5.74, 6) is -1.12. The molecule has 0 spiro atoms. The van der Waals surface area contributed by atoms with Crippen molar-refractivity contribution in [3.8, 4) is 0 Å². The van der Waals surface area contributed by atoms with Crippen molar-refractivity contribution in [2.45, 2.75) is 26.0 Å². The highest BCUT2D eigenvalue weighted by atomic mass is 32.2. The minimum atomic E-state index is -3.48. The van der Waals surface area contributed by atoms with E-state index in [4.69, 9.17) is 0 Å². The predicted octanol–water partition coefficient (Wildman–Crippen LogP) is 1.03. The van der Waals surface area contributed by atoms with Crippen LogP contribution in [-0.2, 0) is 14.6 Å². The number of hydrogen-bond donors (Lipinski definition) is 1. The van der Waals surface area contributed by atoms with Crippen molar-refractivity contribution in [2.24, 2.45) is 0 Å². The van der Waals surface area contributed by atoms with Crippen molar-refractivity contribution >= 4 is 21.6 Å². The van der Waals surface area contributed by atoms with E-state index in [0.717, 1.165) is 6.26 Å². The van der Waals surface area contributed by atoms with Gasteiger partial charge in [-0.1, -0.05) is 0 Å². The maximum Gasteiger partial charge on any atom is 0.339 e. The van der Waals surface area contributed by atoms with Gasteiger partial charge in [-0.05, 0) is 26.3 Å². The van der Waals surface area contributed by atoms with E-state index in [9.17, 15) is 18.0 Å². The molecule has 0 saturated heterocycles. The second-order valence-corrected chi connectivity index (χ2v) is 6.82. The number of esters is 1. The van der Waals surface area contributed by atoms with Gasteiger partial charge >= 0.3 is 5.97 Å². The third-order valence-corrected chi connectivity index (χ3v) is 4.58. The third kappa shape index (κ3) is 2.86. The van der Waals surface area contributed by atoms with E-state index in [-0.39, 0.29) is 11.3 Å². The fourth-order valence-corrected chi connectivity index (χ4v) is 2.31. The lowest BCUT2D eigenvalue weighted by atomic mass is 10.1. The number of aromatic nitrogens is 1. The van der Waals surface area contributed by atoms with Gasteiger partial charge in [0.05, 0.1) is 18.4 Å². The van der Waals surface area contributed by atoms with E-state index >= 15 is 0 Å². The Bertz CT molecular complexity index is 627. The summed E-state index contributed by atoms with van der Waals surface area (Å²) >= 11 is 0. The first-order valence-corrected chi connectivity index (χ1v) is 7.57. The van der Waals surface area contributed by atoms with Gasteiger partial charge in [0.25, 0.3) is 0 Å². The zero-order valence-electron chi connectivity index (χ0n) is 11.5. The molecule has 0 fully saturated rings. The van der Waals surface area contributed by atoms with Gasteiger partial charge in [-0.25, -0.2) is 13.2 Å². The molecule has 6 nitrogen and oxygen atoms in total. The molecular weight excluding hydrogens is 270 g/mol. The van der Waals surface area contributed by atoms with Crippen LogP contribution >= 0.6 is 0 Å². The van der Waals surface area contributed by atoms with E-state index < -0.39 is 26.8 Å². The number of rotatable bonds is 4. The van der Waals surface area contributed by atoms with Crippen LogP contribution in [0, 0.1) is 13.8 Å². The summed E-state index contributed by atoms with van der Waals surface area (Å²) in [5, 5.41) is -1.16. The number of ether oxygens (including phenoxy) is 1. The van der Waals surface area contributed by atoms with Gasteiger partial charge in [-0.2, -0.15) is 0 Å². The van der Waals surface area contributed by atoms with Crippen LogP contribution in [0.4, 0.5) is 0 Å². The maximum atomic E-state index is 12.1. The van der Waals surface area contributed by atoms with E-state index in [1.807, 2.05) is 0 Å². The highest BCUT2D eigenvalue weighted by Gasteiger charge is 2.30. The van der Waals surface area contributed by atoms with Gasteiger partial charge in [-0.15, -0.1) is 0 Å². The van der Waals surface area contributed by atoms with Gasteiger partial charge in [-0.3, -0.25) is 4.79 Å². The Balaban J connectivity index is 3.32. The average Bonchev–Trinajstić information content (AvgIpc) is 2.61. The second kappa shape index (κ2) is 5.16. The van der Waals surface area contributed by atoms with Gasteiger partial charge in [0, 0.05) is 11.9 Å². The van der Waals surface area contributed by atoms with E-state index in [2.05, 4.69) is 9.72 Å². The number of H-pyrrole nitrogens is 1. The first-order chi connectivity index (χ1) is 8.61. The van der Waals surface area contributed by atoms with Gasteiger partial charge in [0.15, 0.2) is 15.6 Å². The number of aromatic amines is 1. The molecule has 106 valence electrons. The molecule has 1 heterocycles. The van der Waals surface area contributed by atoms with Gasteiger partial charge < -0.3 is 9.72 Å². The molecule has 1 aromatic rings. The fraction of sp³-hybridized carbons (Fsp3) is 0.500. The summed E-state index contributed by atoms with van der Waals surface area (Å²) in [6, 6.07) is 0. The van der Waals surface area contributed by atoms with Crippen LogP contribution < -0.4 is 0 Å². The lowest BCUT2D eigenvalue weighted by molar-refractivity contribution is 0.0599. The van der Waals surface area contributed by atoms with Crippen LogP contribution in [0.3, 0.4) is 0 Å². The molecule has 0 amide bonds. The number of sulfone groups is 1. The molecule has 19 heavy (non-hydrogen) atoms. The predicted molar refractivity (Wildman–Crippen MR) is 70.2 cm³/mol.